The summed E-state index contributed by atoms with van der Waals surface area (Å²) in [5.41, 5.74) is 2.76. The molecule has 3 aromatic rings. The summed E-state index contributed by atoms with van der Waals surface area (Å²) in [6.45, 7) is 0. The van der Waals surface area contributed by atoms with Gasteiger partial charge in [-0.3, -0.25) is 4.79 Å². The van der Waals surface area contributed by atoms with E-state index in [9.17, 15) is 4.79 Å². The third kappa shape index (κ3) is 2.36. The maximum absolute atomic E-state index is 11.7. The number of nitrogens with one attached hydrogen (secondary N) is 1. The number of hydrogen-bond acceptors (Lipinski definition) is 2. The highest BCUT2D eigenvalue weighted by Gasteiger charge is 2.12. The molecule has 0 aliphatic heterocycles. The molecule has 0 spiro atoms. The van der Waals surface area contributed by atoms with Crippen molar-refractivity contribution in [3.63, 3.8) is 0 Å². The number of benzene rings is 2. The van der Waals surface area contributed by atoms with E-state index in [2.05, 4.69) is 9.97 Å². The average Bonchev–Trinajstić information content (AvgIpc) is 2.51. The largest absolute Gasteiger partial charge is 0.317 e. The van der Waals surface area contributed by atoms with Gasteiger partial charge in [0.05, 0.1) is 11.4 Å². The molecule has 3 nitrogen and oxygen atoms in total. The van der Waals surface area contributed by atoms with E-state index in [-0.39, 0.29) is 10.7 Å². The maximum Gasteiger partial charge on any atom is 0.286 e. The lowest BCUT2D eigenvalue weighted by atomic mass is 10.0. The summed E-state index contributed by atoms with van der Waals surface area (Å²) in [7, 11) is 0. The van der Waals surface area contributed by atoms with Gasteiger partial charge in [-0.1, -0.05) is 72.3 Å². The Bertz CT molecular complexity index is 783. The van der Waals surface area contributed by atoms with Crippen LogP contribution < -0.4 is 5.56 Å². The van der Waals surface area contributed by atoms with Crippen molar-refractivity contribution in [2.75, 3.05) is 0 Å². The van der Waals surface area contributed by atoms with E-state index >= 15 is 0 Å². The summed E-state index contributed by atoms with van der Waals surface area (Å²) >= 11 is 5.87. The van der Waals surface area contributed by atoms with Crippen molar-refractivity contribution in [2.45, 2.75) is 0 Å². The average molecular weight is 283 g/mol. The zero-order valence-electron chi connectivity index (χ0n) is 10.5. The Kier molecular flexibility index (Phi) is 3.35. The normalized spacial score (nSPS) is 10.4. The molecule has 0 aliphatic rings. The lowest BCUT2D eigenvalue weighted by Gasteiger charge is -2.09. The molecule has 0 radical (unpaired) electrons. The van der Waals surface area contributed by atoms with Crippen LogP contribution >= 0.6 is 11.6 Å². The van der Waals surface area contributed by atoms with Gasteiger partial charge in [0, 0.05) is 11.1 Å². The van der Waals surface area contributed by atoms with Crippen molar-refractivity contribution >= 4 is 11.6 Å². The highest BCUT2D eigenvalue weighted by molar-refractivity contribution is 6.29. The fourth-order valence-corrected chi connectivity index (χ4v) is 2.18. The van der Waals surface area contributed by atoms with Crippen LogP contribution in [0.2, 0.25) is 5.15 Å². The number of aromatic nitrogens is 2. The summed E-state index contributed by atoms with van der Waals surface area (Å²) < 4.78 is 0. The van der Waals surface area contributed by atoms with Gasteiger partial charge >= 0.3 is 0 Å². The summed E-state index contributed by atoms with van der Waals surface area (Å²) in [6, 6.07) is 19.2. The van der Waals surface area contributed by atoms with Crippen LogP contribution in [0.1, 0.15) is 0 Å². The number of aromatic amines is 1. The van der Waals surface area contributed by atoms with Gasteiger partial charge in [0.2, 0.25) is 0 Å². The van der Waals surface area contributed by atoms with Crippen molar-refractivity contribution in [3.8, 4) is 22.5 Å². The van der Waals surface area contributed by atoms with E-state index in [1.165, 1.54) is 0 Å². The van der Waals surface area contributed by atoms with Crippen molar-refractivity contribution < 1.29 is 0 Å². The highest BCUT2D eigenvalue weighted by Crippen LogP contribution is 2.28. The molecule has 0 aliphatic carbocycles. The summed E-state index contributed by atoms with van der Waals surface area (Å²) in [5, 5.41) is -0.0523. The zero-order valence-corrected chi connectivity index (χ0v) is 11.3. The van der Waals surface area contributed by atoms with Gasteiger partial charge in [-0.25, -0.2) is 4.98 Å². The van der Waals surface area contributed by atoms with E-state index in [1.54, 1.807) is 0 Å². The van der Waals surface area contributed by atoms with Crippen molar-refractivity contribution in [1.29, 1.82) is 0 Å². The van der Waals surface area contributed by atoms with E-state index in [0.29, 0.717) is 11.4 Å². The van der Waals surface area contributed by atoms with Gasteiger partial charge in [-0.05, 0) is 0 Å². The van der Waals surface area contributed by atoms with Crippen LogP contribution in [0.3, 0.4) is 0 Å². The fourth-order valence-electron chi connectivity index (χ4n) is 2.05. The Morgan fingerprint density at radius 2 is 1.40 bits per heavy atom. The minimum Gasteiger partial charge on any atom is -0.317 e. The minimum atomic E-state index is -0.384. The molecular formula is C16H11ClN2O. The second kappa shape index (κ2) is 5.31. The first-order chi connectivity index (χ1) is 9.75. The van der Waals surface area contributed by atoms with E-state index in [4.69, 9.17) is 11.6 Å². The topological polar surface area (TPSA) is 45.8 Å². The van der Waals surface area contributed by atoms with Crippen LogP contribution in [0.4, 0.5) is 0 Å². The van der Waals surface area contributed by atoms with Crippen molar-refractivity contribution in [1.82, 2.24) is 9.97 Å². The van der Waals surface area contributed by atoms with Crippen LogP contribution in [0, 0.1) is 0 Å². The number of nitrogens with zero attached hydrogens (tertiary/aromatic N) is 1. The minimum absolute atomic E-state index is 0.0523. The lowest BCUT2D eigenvalue weighted by molar-refractivity contribution is 1.15. The van der Waals surface area contributed by atoms with Crippen molar-refractivity contribution in [3.05, 3.63) is 76.2 Å². The number of hydrogen-bond donors (Lipinski definition) is 1. The van der Waals surface area contributed by atoms with Gasteiger partial charge in [0.15, 0.2) is 5.15 Å². The Balaban J connectivity index is 2.29. The second-order valence-corrected chi connectivity index (χ2v) is 4.67. The molecule has 98 valence electrons. The second-order valence-electron chi connectivity index (χ2n) is 4.31. The number of H-pyrrole nitrogens is 1. The highest BCUT2D eigenvalue weighted by atomic mass is 35.5. The predicted octanol–water partition coefficient (Wildman–Crippen LogP) is 3.76. The smallest absolute Gasteiger partial charge is 0.286 e. The van der Waals surface area contributed by atoms with Crippen LogP contribution in [0.25, 0.3) is 22.5 Å². The summed E-state index contributed by atoms with van der Waals surface area (Å²) in [6.07, 6.45) is 0. The van der Waals surface area contributed by atoms with E-state index in [0.717, 1.165) is 11.1 Å². The third-order valence-electron chi connectivity index (χ3n) is 2.98. The lowest BCUT2D eigenvalue weighted by Crippen LogP contribution is -2.11. The Morgan fingerprint density at radius 1 is 0.850 bits per heavy atom. The van der Waals surface area contributed by atoms with Gasteiger partial charge in [-0.15, -0.1) is 0 Å². The van der Waals surface area contributed by atoms with E-state index in [1.807, 2.05) is 60.7 Å². The molecule has 0 atom stereocenters. The first-order valence-electron chi connectivity index (χ1n) is 6.16. The molecule has 0 saturated carbocycles. The first kappa shape index (κ1) is 12.6. The molecule has 0 unspecified atom stereocenters. The van der Waals surface area contributed by atoms with Gasteiger partial charge in [0.1, 0.15) is 0 Å². The zero-order chi connectivity index (χ0) is 13.9. The van der Waals surface area contributed by atoms with Crippen molar-refractivity contribution in [2.24, 2.45) is 0 Å². The predicted molar refractivity (Wildman–Crippen MR) is 80.7 cm³/mol. The molecule has 3 rings (SSSR count). The SMILES string of the molecule is O=c1[nH]c(-c2ccccc2)c(-c2ccccc2)nc1Cl. The summed E-state index contributed by atoms with van der Waals surface area (Å²) in [5.74, 6) is 0. The number of halogens is 1. The Labute approximate surface area is 120 Å². The van der Waals surface area contributed by atoms with Crippen LogP contribution in [-0.2, 0) is 0 Å². The maximum atomic E-state index is 11.7. The third-order valence-corrected chi connectivity index (χ3v) is 3.24. The molecule has 0 fully saturated rings. The molecule has 1 aromatic heterocycles. The number of rotatable bonds is 2. The van der Waals surface area contributed by atoms with Gasteiger partial charge < -0.3 is 4.98 Å². The van der Waals surface area contributed by atoms with Gasteiger partial charge in [0.25, 0.3) is 5.56 Å². The fraction of sp³-hybridized carbons (Fsp3) is 0. The standard InChI is InChI=1S/C16H11ClN2O/c17-15-16(20)19-14(12-9-5-2-6-10-12)13(18-15)11-7-3-1-4-8-11/h1-10H,(H,19,20). The molecule has 1 N–H and O–H groups in total. The molecular weight excluding hydrogens is 272 g/mol. The summed E-state index contributed by atoms with van der Waals surface area (Å²) in [4.78, 5) is 18.8. The molecule has 4 heteroatoms. The monoisotopic (exact) mass is 282 g/mol. The van der Waals surface area contributed by atoms with Gasteiger partial charge in [-0.2, -0.15) is 0 Å². The quantitative estimate of drug-likeness (QED) is 0.778. The molecule has 1 heterocycles. The molecule has 0 saturated heterocycles. The van der Waals surface area contributed by atoms with Crippen LogP contribution in [0.15, 0.2) is 65.5 Å². The van der Waals surface area contributed by atoms with E-state index < -0.39 is 0 Å². The Morgan fingerprint density at radius 3 is 2.00 bits per heavy atom. The molecule has 2 aromatic carbocycles. The molecule has 0 bridgehead atoms. The first-order valence-corrected chi connectivity index (χ1v) is 6.54. The molecule has 20 heavy (non-hydrogen) atoms. The molecule has 0 amide bonds. The Hall–Kier alpha value is -2.39. The van der Waals surface area contributed by atoms with Crippen LogP contribution in [-0.4, -0.2) is 9.97 Å². The van der Waals surface area contributed by atoms with Crippen LogP contribution in [0.5, 0.6) is 0 Å².